The van der Waals surface area contributed by atoms with E-state index in [0.29, 0.717) is 12.5 Å². The van der Waals surface area contributed by atoms with Gasteiger partial charge in [0.25, 0.3) is 0 Å². The Morgan fingerprint density at radius 2 is 2.18 bits per heavy atom. The highest BCUT2D eigenvalue weighted by Crippen LogP contribution is 1.90. The van der Waals surface area contributed by atoms with Crippen LogP contribution in [0, 0.1) is 5.92 Å². The molecule has 0 aromatic carbocycles. The molecule has 0 radical (unpaired) electrons. The van der Waals surface area contributed by atoms with E-state index in [1.54, 1.807) is 6.20 Å². The zero-order valence-corrected chi connectivity index (χ0v) is 7.35. The monoisotopic (exact) mass is 156 g/mol. The topological polar surface area (TPSA) is 41.1 Å². The third-order valence-electron chi connectivity index (χ3n) is 1.03. The van der Waals surface area contributed by atoms with Crippen LogP contribution in [0.15, 0.2) is 12.3 Å². The zero-order chi connectivity index (χ0) is 8.69. The lowest BCUT2D eigenvalue weighted by molar-refractivity contribution is 0.244. The first-order valence-electron chi connectivity index (χ1n) is 3.87. The second-order valence-electron chi connectivity index (χ2n) is 2.61. The molecule has 0 aliphatic rings. The van der Waals surface area contributed by atoms with E-state index in [4.69, 9.17) is 0 Å². The number of hydrogen-bond acceptors (Lipinski definition) is 1. The maximum Gasteiger partial charge on any atom is 0.318 e. The van der Waals surface area contributed by atoms with Gasteiger partial charge in [-0.15, -0.1) is 0 Å². The molecule has 0 saturated heterocycles. The predicted octanol–water partition coefficient (Wildman–Crippen LogP) is 1.48. The minimum Gasteiger partial charge on any atom is -0.338 e. The molecule has 0 rings (SSSR count). The van der Waals surface area contributed by atoms with Crippen LogP contribution < -0.4 is 10.6 Å². The summed E-state index contributed by atoms with van der Waals surface area (Å²) in [6.45, 7) is 6.64. The highest BCUT2D eigenvalue weighted by Gasteiger charge is 1.91. The standard InChI is InChI=1S/C8H16N2O/c1-4-9-8(11)10-6-5-7(2)3/h5-7H,4H2,1-3H3,(H2,9,10,11)/b6-5+. The van der Waals surface area contributed by atoms with Crippen molar-refractivity contribution in [3.63, 3.8) is 0 Å². The number of rotatable bonds is 3. The van der Waals surface area contributed by atoms with E-state index in [0.717, 1.165) is 0 Å². The van der Waals surface area contributed by atoms with Gasteiger partial charge in [0.2, 0.25) is 0 Å². The average Bonchev–Trinajstić information content (AvgIpc) is 1.87. The molecule has 0 atom stereocenters. The summed E-state index contributed by atoms with van der Waals surface area (Å²) in [6, 6.07) is -0.149. The molecule has 0 spiro atoms. The van der Waals surface area contributed by atoms with Gasteiger partial charge < -0.3 is 10.6 Å². The Morgan fingerprint density at radius 3 is 2.64 bits per heavy atom. The summed E-state index contributed by atoms with van der Waals surface area (Å²) < 4.78 is 0. The quantitative estimate of drug-likeness (QED) is 0.638. The molecule has 3 nitrogen and oxygen atoms in total. The highest BCUT2D eigenvalue weighted by atomic mass is 16.2. The van der Waals surface area contributed by atoms with Crippen LogP contribution in [0.4, 0.5) is 4.79 Å². The Kier molecular flexibility index (Phi) is 5.25. The molecule has 2 amide bonds. The van der Waals surface area contributed by atoms with Crippen molar-refractivity contribution in [1.82, 2.24) is 10.6 Å². The van der Waals surface area contributed by atoms with E-state index in [9.17, 15) is 4.79 Å². The van der Waals surface area contributed by atoms with Crippen molar-refractivity contribution >= 4 is 6.03 Å². The maximum atomic E-state index is 10.8. The lowest BCUT2D eigenvalue weighted by atomic mass is 10.2. The van der Waals surface area contributed by atoms with Crippen LogP contribution in [-0.2, 0) is 0 Å². The first kappa shape index (κ1) is 10.0. The van der Waals surface area contributed by atoms with Gasteiger partial charge in [-0.2, -0.15) is 0 Å². The van der Waals surface area contributed by atoms with Crippen LogP contribution in [0.2, 0.25) is 0 Å². The van der Waals surface area contributed by atoms with E-state index in [-0.39, 0.29) is 6.03 Å². The summed E-state index contributed by atoms with van der Waals surface area (Å²) in [5.74, 6) is 0.469. The number of amides is 2. The lowest BCUT2D eigenvalue weighted by Crippen LogP contribution is -2.31. The molecule has 11 heavy (non-hydrogen) atoms. The maximum absolute atomic E-state index is 10.8. The summed E-state index contributed by atoms with van der Waals surface area (Å²) in [5, 5.41) is 5.20. The molecule has 0 aromatic heterocycles. The van der Waals surface area contributed by atoms with E-state index in [1.165, 1.54) is 0 Å². The SMILES string of the molecule is CCNC(=O)N/C=C/C(C)C. The lowest BCUT2D eigenvalue weighted by Gasteiger charge is -2.00. The van der Waals surface area contributed by atoms with Crippen LogP contribution in [0.5, 0.6) is 0 Å². The molecule has 0 bridgehead atoms. The molecule has 0 saturated carbocycles. The zero-order valence-electron chi connectivity index (χ0n) is 7.35. The molecule has 0 unspecified atom stereocenters. The van der Waals surface area contributed by atoms with Crippen LogP contribution in [0.25, 0.3) is 0 Å². The van der Waals surface area contributed by atoms with Crippen molar-refractivity contribution < 1.29 is 4.79 Å². The largest absolute Gasteiger partial charge is 0.338 e. The van der Waals surface area contributed by atoms with Gasteiger partial charge in [0.05, 0.1) is 0 Å². The minimum atomic E-state index is -0.149. The number of hydrogen-bond donors (Lipinski definition) is 2. The van der Waals surface area contributed by atoms with Gasteiger partial charge >= 0.3 is 6.03 Å². The van der Waals surface area contributed by atoms with Gasteiger partial charge in [-0.3, -0.25) is 0 Å². The number of urea groups is 1. The molecule has 3 heteroatoms. The highest BCUT2D eigenvalue weighted by molar-refractivity contribution is 5.74. The van der Waals surface area contributed by atoms with Crippen LogP contribution >= 0.6 is 0 Å². The van der Waals surface area contributed by atoms with Gasteiger partial charge in [0.1, 0.15) is 0 Å². The fourth-order valence-electron chi connectivity index (χ4n) is 0.528. The van der Waals surface area contributed by atoms with Gasteiger partial charge in [-0.05, 0) is 12.8 Å². The normalized spacial score (nSPS) is 10.5. The Hall–Kier alpha value is -0.990. The summed E-state index contributed by atoms with van der Waals surface area (Å²) in [6.07, 6.45) is 3.59. The predicted molar refractivity (Wildman–Crippen MR) is 46.2 cm³/mol. The first-order chi connectivity index (χ1) is 5.16. The molecule has 0 fully saturated rings. The molecule has 0 aromatic rings. The Labute approximate surface area is 67.9 Å². The van der Waals surface area contributed by atoms with Crippen molar-refractivity contribution in [2.24, 2.45) is 5.92 Å². The Morgan fingerprint density at radius 1 is 1.55 bits per heavy atom. The fraction of sp³-hybridized carbons (Fsp3) is 0.625. The van der Waals surface area contributed by atoms with Gasteiger partial charge in [0.15, 0.2) is 0 Å². The third-order valence-corrected chi connectivity index (χ3v) is 1.03. The molecule has 2 N–H and O–H groups in total. The van der Waals surface area contributed by atoms with E-state index >= 15 is 0 Å². The fourth-order valence-corrected chi connectivity index (χ4v) is 0.528. The van der Waals surface area contributed by atoms with Gasteiger partial charge in [-0.25, -0.2) is 4.79 Å². The number of nitrogens with one attached hydrogen (secondary N) is 2. The summed E-state index contributed by atoms with van der Waals surface area (Å²) in [7, 11) is 0. The first-order valence-corrected chi connectivity index (χ1v) is 3.87. The van der Waals surface area contributed by atoms with E-state index < -0.39 is 0 Å². The molecule has 0 aliphatic heterocycles. The smallest absolute Gasteiger partial charge is 0.318 e. The van der Waals surface area contributed by atoms with E-state index in [1.807, 2.05) is 13.0 Å². The molecule has 64 valence electrons. The summed E-state index contributed by atoms with van der Waals surface area (Å²) in [5.41, 5.74) is 0. The van der Waals surface area contributed by atoms with Crippen molar-refractivity contribution in [2.75, 3.05) is 6.54 Å². The Bertz CT molecular complexity index is 141. The second kappa shape index (κ2) is 5.77. The van der Waals surface area contributed by atoms with Crippen LogP contribution in [0.1, 0.15) is 20.8 Å². The van der Waals surface area contributed by atoms with Crippen molar-refractivity contribution in [1.29, 1.82) is 0 Å². The molecular formula is C8H16N2O. The third kappa shape index (κ3) is 6.90. The van der Waals surface area contributed by atoms with Crippen LogP contribution in [-0.4, -0.2) is 12.6 Å². The van der Waals surface area contributed by atoms with Crippen molar-refractivity contribution in [2.45, 2.75) is 20.8 Å². The number of carbonyl (C=O) groups excluding carboxylic acids is 1. The van der Waals surface area contributed by atoms with Crippen molar-refractivity contribution in [3.05, 3.63) is 12.3 Å². The second-order valence-corrected chi connectivity index (χ2v) is 2.61. The number of carbonyl (C=O) groups is 1. The summed E-state index contributed by atoms with van der Waals surface area (Å²) >= 11 is 0. The van der Waals surface area contributed by atoms with Crippen LogP contribution in [0.3, 0.4) is 0 Å². The molecule has 0 aliphatic carbocycles. The van der Waals surface area contributed by atoms with E-state index in [2.05, 4.69) is 24.5 Å². The summed E-state index contributed by atoms with van der Waals surface area (Å²) in [4.78, 5) is 10.8. The molecular weight excluding hydrogens is 140 g/mol. The Balaban J connectivity index is 3.45. The number of allylic oxidation sites excluding steroid dienone is 1. The molecule has 0 heterocycles. The van der Waals surface area contributed by atoms with Gasteiger partial charge in [-0.1, -0.05) is 19.9 Å². The minimum absolute atomic E-state index is 0.149. The average molecular weight is 156 g/mol. The van der Waals surface area contributed by atoms with Crippen molar-refractivity contribution in [3.8, 4) is 0 Å². The van der Waals surface area contributed by atoms with Gasteiger partial charge in [0, 0.05) is 12.7 Å².